The Hall–Kier alpha value is -0.410. The summed E-state index contributed by atoms with van der Waals surface area (Å²) in [7, 11) is 0. The van der Waals surface area contributed by atoms with Gasteiger partial charge in [-0.25, -0.2) is 0 Å². The van der Waals surface area contributed by atoms with Crippen molar-refractivity contribution in [1.29, 1.82) is 0 Å². The molecule has 0 aromatic heterocycles. The normalized spacial score (nSPS) is 20.5. The van der Waals surface area contributed by atoms with Crippen LogP contribution in [0.1, 0.15) is 33.1 Å². The molecule has 0 aromatic carbocycles. The Balaban J connectivity index is 2.13. The molecular formula is C10H18O3. The molecule has 0 bridgehead atoms. The lowest BCUT2D eigenvalue weighted by Gasteiger charge is -2.10. The highest BCUT2D eigenvalue weighted by Crippen LogP contribution is 2.13. The third kappa shape index (κ3) is 3.44. The molecule has 0 aromatic rings. The highest BCUT2D eigenvalue weighted by atomic mass is 16.7. The highest BCUT2D eigenvalue weighted by Gasteiger charge is 2.18. The molecular weight excluding hydrogens is 168 g/mol. The maximum atomic E-state index is 11.4. The summed E-state index contributed by atoms with van der Waals surface area (Å²) in [6.07, 6.45) is 2.08. The van der Waals surface area contributed by atoms with Crippen molar-refractivity contribution in [1.82, 2.24) is 0 Å². The van der Waals surface area contributed by atoms with Gasteiger partial charge < -0.3 is 9.47 Å². The van der Waals surface area contributed by atoms with Crippen LogP contribution in [-0.2, 0) is 14.3 Å². The molecule has 0 spiro atoms. The van der Waals surface area contributed by atoms with Crippen LogP contribution in [0.4, 0.5) is 0 Å². The highest BCUT2D eigenvalue weighted by molar-refractivity contribution is 5.80. The van der Waals surface area contributed by atoms with E-state index in [2.05, 4.69) is 0 Å². The molecule has 1 unspecified atom stereocenters. The fourth-order valence-electron chi connectivity index (χ4n) is 1.31. The third-order valence-corrected chi connectivity index (χ3v) is 2.48. The fraction of sp³-hybridized carbons (Fsp3) is 0.900. The maximum absolute atomic E-state index is 11.4. The van der Waals surface area contributed by atoms with Gasteiger partial charge in [-0.05, 0) is 6.42 Å². The summed E-state index contributed by atoms with van der Waals surface area (Å²) in [5, 5.41) is 0. The Morgan fingerprint density at radius 1 is 1.46 bits per heavy atom. The molecule has 0 radical (unpaired) electrons. The topological polar surface area (TPSA) is 35.5 Å². The molecule has 13 heavy (non-hydrogen) atoms. The second kappa shape index (κ2) is 5.35. The zero-order chi connectivity index (χ0) is 9.68. The average molecular weight is 186 g/mol. The number of ketones is 1. The van der Waals surface area contributed by atoms with Gasteiger partial charge in [-0.2, -0.15) is 0 Å². The van der Waals surface area contributed by atoms with Crippen LogP contribution in [0.15, 0.2) is 0 Å². The van der Waals surface area contributed by atoms with Crippen molar-refractivity contribution < 1.29 is 14.3 Å². The molecule has 0 N–H and O–H groups in total. The van der Waals surface area contributed by atoms with Gasteiger partial charge in [0.25, 0.3) is 0 Å². The minimum atomic E-state index is -0.131. The first-order valence-corrected chi connectivity index (χ1v) is 5.00. The zero-order valence-corrected chi connectivity index (χ0v) is 8.41. The monoisotopic (exact) mass is 186 g/mol. The van der Waals surface area contributed by atoms with Crippen LogP contribution in [0, 0.1) is 5.92 Å². The molecule has 1 rings (SSSR count). The van der Waals surface area contributed by atoms with Crippen LogP contribution in [-0.4, -0.2) is 25.3 Å². The van der Waals surface area contributed by atoms with Crippen LogP contribution < -0.4 is 0 Å². The van der Waals surface area contributed by atoms with Crippen LogP contribution >= 0.6 is 0 Å². The van der Waals surface area contributed by atoms with Crippen molar-refractivity contribution in [3.05, 3.63) is 0 Å². The van der Waals surface area contributed by atoms with Crippen molar-refractivity contribution in [2.45, 2.75) is 39.4 Å². The van der Waals surface area contributed by atoms with E-state index < -0.39 is 0 Å². The average Bonchev–Trinajstić information content (AvgIpc) is 2.65. The van der Waals surface area contributed by atoms with Crippen molar-refractivity contribution >= 4 is 5.78 Å². The largest absolute Gasteiger partial charge is 0.350 e. The van der Waals surface area contributed by atoms with Gasteiger partial charge in [-0.3, -0.25) is 4.79 Å². The Morgan fingerprint density at radius 2 is 2.08 bits per heavy atom. The summed E-state index contributed by atoms with van der Waals surface area (Å²) in [6.45, 7) is 5.34. The Labute approximate surface area is 79.4 Å². The van der Waals surface area contributed by atoms with Crippen LogP contribution in [0.3, 0.4) is 0 Å². The molecule has 0 saturated carbocycles. The number of carbonyl (C=O) groups is 1. The molecule has 3 heteroatoms. The number of carbonyl (C=O) groups excluding carboxylic acids is 1. The second-order valence-electron chi connectivity index (χ2n) is 3.49. The number of hydrogen-bond acceptors (Lipinski definition) is 3. The summed E-state index contributed by atoms with van der Waals surface area (Å²) < 4.78 is 10.5. The molecule has 1 fully saturated rings. The fourth-order valence-corrected chi connectivity index (χ4v) is 1.31. The standard InChI is InChI=1S/C10H18O3/c1-3-8(2)9(11)4-5-10-12-6-7-13-10/h8,10H,3-7H2,1-2H3. The lowest BCUT2D eigenvalue weighted by molar-refractivity contribution is -0.124. The first-order chi connectivity index (χ1) is 6.24. The van der Waals surface area contributed by atoms with Crippen LogP contribution in [0.5, 0.6) is 0 Å². The van der Waals surface area contributed by atoms with E-state index in [0.717, 1.165) is 6.42 Å². The van der Waals surface area contributed by atoms with Crippen molar-refractivity contribution in [2.75, 3.05) is 13.2 Å². The predicted molar refractivity (Wildman–Crippen MR) is 49.4 cm³/mol. The summed E-state index contributed by atoms with van der Waals surface area (Å²) in [5.41, 5.74) is 0. The number of hydrogen-bond donors (Lipinski definition) is 0. The Morgan fingerprint density at radius 3 is 2.62 bits per heavy atom. The van der Waals surface area contributed by atoms with E-state index in [0.29, 0.717) is 31.8 Å². The summed E-state index contributed by atoms with van der Waals surface area (Å²) in [4.78, 5) is 11.4. The van der Waals surface area contributed by atoms with Gasteiger partial charge in [-0.15, -0.1) is 0 Å². The van der Waals surface area contributed by atoms with Gasteiger partial charge in [0.1, 0.15) is 5.78 Å². The van der Waals surface area contributed by atoms with Crippen LogP contribution in [0.25, 0.3) is 0 Å². The summed E-state index contributed by atoms with van der Waals surface area (Å²) in [5.74, 6) is 0.503. The van der Waals surface area contributed by atoms with Gasteiger partial charge in [-0.1, -0.05) is 13.8 Å². The maximum Gasteiger partial charge on any atom is 0.158 e. The molecule has 3 nitrogen and oxygen atoms in total. The minimum absolute atomic E-state index is 0.131. The van der Waals surface area contributed by atoms with Gasteiger partial charge in [0, 0.05) is 18.8 Å². The van der Waals surface area contributed by atoms with Gasteiger partial charge in [0.15, 0.2) is 6.29 Å². The number of ether oxygens (including phenoxy) is 2. The first kappa shape index (κ1) is 10.7. The number of Topliss-reactive ketones (excluding diaryl/α,β-unsaturated/α-hetero) is 1. The summed E-state index contributed by atoms with van der Waals surface area (Å²) >= 11 is 0. The zero-order valence-electron chi connectivity index (χ0n) is 8.41. The molecule has 1 heterocycles. The van der Waals surface area contributed by atoms with E-state index in [1.807, 2.05) is 13.8 Å². The molecule has 0 amide bonds. The van der Waals surface area contributed by atoms with Crippen molar-refractivity contribution in [3.63, 3.8) is 0 Å². The SMILES string of the molecule is CCC(C)C(=O)CCC1OCCO1. The first-order valence-electron chi connectivity index (χ1n) is 5.00. The lowest BCUT2D eigenvalue weighted by Crippen LogP contribution is -2.14. The van der Waals surface area contributed by atoms with Crippen molar-refractivity contribution in [3.8, 4) is 0 Å². The Kier molecular flexibility index (Phi) is 4.39. The van der Waals surface area contributed by atoms with E-state index in [4.69, 9.17) is 9.47 Å². The molecule has 1 saturated heterocycles. The smallest absolute Gasteiger partial charge is 0.158 e. The van der Waals surface area contributed by atoms with E-state index in [-0.39, 0.29) is 12.2 Å². The number of rotatable bonds is 5. The molecule has 0 aliphatic carbocycles. The van der Waals surface area contributed by atoms with Crippen molar-refractivity contribution in [2.24, 2.45) is 5.92 Å². The van der Waals surface area contributed by atoms with E-state index in [9.17, 15) is 4.79 Å². The van der Waals surface area contributed by atoms with Gasteiger partial charge >= 0.3 is 0 Å². The second-order valence-corrected chi connectivity index (χ2v) is 3.49. The van der Waals surface area contributed by atoms with Gasteiger partial charge in [0.2, 0.25) is 0 Å². The summed E-state index contributed by atoms with van der Waals surface area (Å²) in [6, 6.07) is 0. The quantitative estimate of drug-likeness (QED) is 0.656. The molecule has 76 valence electrons. The lowest BCUT2D eigenvalue weighted by atomic mass is 10.00. The van der Waals surface area contributed by atoms with Gasteiger partial charge in [0.05, 0.1) is 13.2 Å². The Bertz CT molecular complexity index is 162. The van der Waals surface area contributed by atoms with Crippen LogP contribution in [0.2, 0.25) is 0 Å². The third-order valence-electron chi connectivity index (χ3n) is 2.48. The van der Waals surface area contributed by atoms with E-state index in [1.54, 1.807) is 0 Å². The molecule has 1 aliphatic heterocycles. The predicted octanol–water partition coefficient (Wildman–Crippen LogP) is 1.75. The van der Waals surface area contributed by atoms with E-state index >= 15 is 0 Å². The van der Waals surface area contributed by atoms with E-state index in [1.165, 1.54) is 0 Å². The molecule has 1 aliphatic rings. The minimum Gasteiger partial charge on any atom is -0.350 e. The molecule has 1 atom stereocenters.